The van der Waals surface area contributed by atoms with Crippen LogP contribution in [0.25, 0.3) is 0 Å². The Morgan fingerprint density at radius 2 is 1.86 bits per heavy atom. The van der Waals surface area contributed by atoms with Crippen molar-refractivity contribution < 1.29 is 4.79 Å². The summed E-state index contributed by atoms with van der Waals surface area (Å²) in [7, 11) is 0. The molecule has 5 heteroatoms. The van der Waals surface area contributed by atoms with E-state index >= 15 is 0 Å². The van der Waals surface area contributed by atoms with Crippen LogP contribution < -0.4 is 5.73 Å². The van der Waals surface area contributed by atoms with Crippen molar-refractivity contribution in [2.45, 2.75) is 45.1 Å². The van der Waals surface area contributed by atoms with Gasteiger partial charge in [0.05, 0.1) is 6.54 Å². The first kappa shape index (κ1) is 17.0. The summed E-state index contributed by atoms with van der Waals surface area (Å²) in [4.78, 5) is 16.8. The van der Waals surface area contributed by atoms with E-state index in [1.165, 1.54) is 32.1 Å². The molecule has 2 heterocycles. The maximum absolute atomic E-state index is 12.4. The summed E-state index contributed by atoms with van der Waals surface area (Å²) < 4.78 is 0. The molecule has 3 aliphatic rings. The van der Waals surface area contributed by atoms with Gasteiger partial charge in [0, 0.05) is 32.2 Å². The number of rotatable bonds is 2. The SMILES string of the molecule is CC1CCN(C(=O)CN2CC3CCCC(N)C3C2)CC1.Cl. The summed E-state index contributed by atoms with van der Waals surface area (Å²) in [5, 5.41) is 0. The Morgan fingerprint density at radius 1 is 1.14 bits per heavy atom. The molecule has 0 aromatic carbocycles. The van der Waals surface area contributed by atoms with E-state index in [1.807, 2.05) is 0 Å². The molecule has 3 atom stereocenters. The highest BCUT2D eigenvalue weighted by Crippen LogP contribution is 2.35. The van der Waals surface area contributed by atoms with Gasteiger partial charge in [-0.05, 0) is 43.4 Å². The second kappa shape index (κ2) is 7.30. The van der Waals surface area contributed by atoms with Crippen LogP contribution in [-0.4, -0.2) is 54.5 Å². The molecule has 0 radical (unpaired) electrons. The number of hydrogen-bond donors (Lipinski definition) is 1. The third kappa shape index (κ3) is 3.91. The van der Waals surface area contributed by atoms with Crippen molar-refractivity contribution in [1.29, 1.82) is 0 Å². The Morgan fingerprint density at radius 3 is 2.52 bits per heavy atom. The van der Waals surface area contributed by atoms with Gasteiger partial charge >= 0.3 is 0 Å². The molecule has 1 aliphatic carbocycles. The largest absolute Gasteiger partial charge is 0.342 e. The number of piperidine rings is 1. The summed E-state index contributed by atoms with van der Waals surface area (Å²) in [6.45, 7) is 6.96. The van der Waals surface area contributed by atoms with Crippen LogP contribution in [0, 0.1) is 17.8 Å². The average Bonchev–Trinajstić information content (AvgIpc) is 2.83. The average molecular weight is 316 g/mol. The third-order valence-corrected chi connectivity index (χ3v) is 5.72. The molecule has 122 valence electrons. The number of nitrogens with two attached hydrogens (primary N) is 1. The highest BCUT2D eigenvalue weighted by Gasteiger charge is 2.39. The molecule has 4 nitrogen and oxygen atoms in total. The highest BCUT2D eigenvalue weighted by molar-refractivity contribution is 5.85. The minimum Gasteiger partial charge on any atom is -0.342 e. The molecule has 3 unspecified atom stereocenters. The number of carbonyl (C=O) groups is 1. The second-order valence-electron chi connectivity index (χ2n) is 7.28. The van der Waals surface area contributed by atoms with Gasteiger partial charge in [-0.3, -0.25) is 9.69 Å². The van der Waals surface area contributed by atoms with Crippen LogP contribution in [0.15, 0.2) is 0 Å². The second-order valence-corrected chi connectivity index (χ2v) is 7.28. The van der Waals surface area contributed by atoms with Gasteiger partial charge in [0.2, 0.25) is 5.91 Å². The normalized spacial score (nSPS) is 34.4. The molecule has 2 aliphatic heterocycles. The zero-order chi connectivity index (χ0) is 14.1. The molecular weight excluding hydrogens is 286 g/mol. The lowest BCUT2D eigenvalue weighted by atomic mass is 9.78. The topological polar surface area (TPSA) is 49.6 Å². The van der Waals surface area contributed by atoms with E-state index in [9.17, 15) is 4.79 Å². The van der Waals surface area contributed by atoms with E-state index in [4.69, 9.17) is 5.73 Å². The van der Waals surface area contributed by atoms with Crippen LogP contribution in [0.2, 0.25) is 0 Å². The molecule has 3 rings (SSSR count). The molecule has 0 bridgehead atoms. The maximum Gasteiger partial charge on any atom is 0.236 e. The Labute approximate surface area is 134 Å². The standard InChI is InChI=1S/C16H29N3O.ClH/c1-12-5-7-19(8-6-12)16(20)11-18-9-13-3-2-4-15(17)14(13)10-18;/h12-15H,2-11,17H2,1H3;1H. The van der Waals surface area contributed by atoms with Gasteiger partial charge in [-0.2, -0.15) is 0 Å². The zero-order valence-electron chi connectivity index (χ0n) is 13.2. The van der Waals surface area contributed by atoms with Crippen molar-refractivity contribution in [1.82, 2.24) is 9.80 Å². The van der Waals surface area contributed by atoms with Crippen molar-refractivity contribution in [2.75, 3.05) is 32.7 Å². The fourth-order valence-corrected chi connectivity index (χ4v) is 4.29. The van der Waals surface area contributed by atoms with E-state index in [1.54, 1.807) is 0 Å². The van der Waals surface area contributed by atoms with Gasteiger partial charge in [0.25, 0.3) is 0 Å². The lowest BCUT2D eigenvalue weighted by Gasteiger charge is -2.31. The minimum absolute atomic E-state index is 0. The fourth-order valence-electron chi connectivity index (χ4n) is 4.29. The lowest BCUT2D eigenvalue weighted by Crippen LogP contribution is -2.43. The monoisotopic (exact) mass is 315 g/mol. The number of halogens is 1. The first-order valence-electron chi connectivity index (χ1n) is 8.39. The van der Waals surface area contributed by atoms with Crippen LogP contribution in [-0.2, 0) is 4.79 Å². The van der Waals surface area contributed by atoms with E-state index < -0.39 is 0 Å². The first-order chi connectivity index (χ1) is 9.63. The fraction of sp³-hybridized carbons (Fsp3) is 0.938. The van der Waals surface area contributed by atoms with Crippen molar-refractivity contribution >= 4 is 18.3 Å². The molecule has 2 saturated heterocycles. The lowest BCUT2D eigenvalue weighted by molar-refractivity contribution is -0.133. The van der Waals surface area contributed by atoms with E-state index in [-0.39, 0.29) is 12.4 Å². The maximum atomic E-state index is 12.4. The van der Waals surface area contributed by atoms with Crippen molar-refractivity contribution in [3.8, 4) is 0 Å². The molecule has 21 heavy (non-hydrogen) atoms. The summed E-state index contributed by atoms with van der Waals surface area (Å²) in [6, 6.07) is 0.365. The van der Waals surface area contributed by atoms with Crippen molar-refractivity contribution in [3.63, 3.8) is 0 Å². The Balaban J connectivity index is 0.00000161. The van der Waals surface area contributed by atoms with Gasteiger partial charge in [-0.1, -0.05) is 13.3 Å². The third-order valence-electron chi connectivity index (χ3n) is 5.72. The van der Waals surface area contributed by atoms with Gasteiger partial charge in [0.1, 0.15) is 0 Å². The van der Waals surface area contributed by atoms with Gasteiger partial charge in [-0.25, -0.2) is 0 Å². The molecule has 1 amide bonds. The number of amides is 1. The number of nitrogens with zero attached hydrogens (tertiary/aromatic N) is 2. The zero-order valence-corrected chi connectivity index (χ0v) is 14.0. The summed E-state index contributed by atoms with van der Waals surface area (Å²) >= 11 is 0. The number of carbonyl (C=O) groups excluding carboxylic acids is 1. The Kier molecular flexibility index (Phi) is 5.92. The highest BCUT2D eigenvalue weighted by atomic mass is 35.5. The van der Waals surface area contributed by atoms with E-state index in [2.05, 4.69) is 16.7 Å². The number of hydrogen-bond acceptors (Lipinski definition) is 3. The molecule has 0 aromatic heterocycles. The van der Waals surface area contributed by atoms with Gasteiger partial charge < -0.3 is 10.6 Å². The van der Waals surface area contributed by atoms with Crippen LogP contribution in [0.4, 0.5) is 0 Å². The quantitative estimate of drug-likeness (QED) is 0.844. The molecule has 0 aromatic rings. The predicted octanol–water partition coefficient (Wildman–Crippen LogP) is 1.73. The Bertz CT molecular complexity index is 357. The smallest absolute Gasteiger partial charge is 0.236 e. The number of likely N-dealkylation sites (tertiary alicyclic amines) is 2. The van der Waals surface area contributed by atoms with Crippen molar-refractivity contribution in [2.24, 2.45) is 23.5 Å². The van der Waals surface area contributed by atoms with Crippen LogP contribution in [0.1, 0.15) is 39.0 Å². The molecule has 2 N–H and O–H groups in total. The summed E-state index contributed by atoms with van der Waals surface area (Å²) in [5.41, 5.74) is 6.25. The first-order valence-corrected chi connectivity index (χ1v) is 8.39. The minimum atomic E-state index is 0. The molecule has 3 fully saturated rings. The van der Waals surface area contributed by atoms with Gasteiger partial charge in [0.15, 0.2) is 0 Å². The van der Waals surface area contributed by atoms with Crippen LogP contribution in [0.5, 0.6) is 0 Å². The summed E-state index contributed by atoms with van der Waals surface area (Å²) in [5.74, 6) is 2.50. The van der Waals surface area contributed by atoms with Crippen LogP contribution in [0.3, 0.4) is 0 Å². The van der Waals surface area contributed by atoms with Gasteiger partial charge in [-0.15, -0.1) is 12.4 Å². The molecule has 0 spiro atoms. The number of fused-ring (bicyclic) bond motifs is 1. The van der Waals surface area contributed by atoms with Crippen molar-refractivity contribution in [3.05, 3.63) is 0 Å². The predicted molar refractivity (Wildman–Crippen MR) is 87.5 cm³/mol. The van der Waals surface area contributed by atoms with E-state index in [0.29, 0.717) is 24.4 Å². The molecular formula is C16H30ClN3O. The molecule has 1 saturated carbocycles. The van der Waals surface area contributed by atoms with E-state index in [0.717, 1.165) is 38.0 Å². The Hall–Kier alpha value is -0.320. The summed E-state index contributed by atoms with van der Waals surface area (Å²) in [6.07, 6.45) is 6.09. The van der Waals surface area contributed by atoms with Crippen LogP contribution >= 0.6 is 12.4 Å².